The molecule has 0 aliphatic heterocycles. The lowest BCUT2D eigenvalue weighted by atomic mass is 9.81. The number of nitrogens with one attached hydrogen (secondary N) is 2. The van der Waals surface area contributed by atoms with Gasteiger partial charge in [0.25, 0.3) is 11.5 Å². The fraction of sp³-hybridized carbons (Fsp3) is 0.353. The topological polar surface area (TPSA) is 106 Å². The average molecular weight is 329 g/mol. The number of aromatic nitrogens is 2. The molecule has 0 spiro atoms. The van der Waals surface area contributed by atoms with E-state index in [2.05, 4.69) is 17.1 Å². The highest BCUT2D eigenvalue weighted by Gasteiger charge is 2.29. The summed E-state index contributed by atoms with van der Waals surface area (Å²) in [6.45, 7) is 0. The van der Waals surface area contributed by atoms with E-state index in [1.54, 1.807) is 0 Å². The van der Waals surface area contributed by atoms with Crippen molar-refractivity contribution in [3.63, 3.8) is 0 Å². The Hall–Kier alpha value is -2.67. The second-order valence-electron chi connectivity index (χ2n) is 6.07. The maximum atomic E-state index is 12.3. The number of carbonyl (C=O) groups is 1. The van der Waals surface area contributed by atoms with Gasteiger partial charge in [-0.15, -0.1) is 0 Å². The van der Waals surface area contributed by atoms with Crippen LogP contribution in [-0.2, 0) is 0 Å². The maximum Gasteiger partial charge on any atom is 0.326 e. The lowest BCUT2D eigenvalue weighted by Crippen LogP contribution is -2.41. The molecule has 1 heterocycles. The lowest BCUT2D eigenvalue weighted by molar-refractivity contribution is -0.0977. The molecule has 3 N–H and O–H groups in total. The first-order valence-corrected chi connectivity index (χ1v) is 7.95. The number of carbonyl (C=O) groups excluding carboxylic acids is 1. The second kappa shape index (κ2) is 6.84. The Morgan fingerprint density at radius 1 is 1.04 bits per heavy atom. The Kier molecular flexibility index (Phi) is 4.61. The summed E-state index contributed by atoms with van der Waals surface area (Å²) in [4.78, 5) is 39.0. The molecule has 3 rings (SSSR count). The molecule has 1 fully saturated rings. The van der Waals surface area contributed by atoms with Gasteiger partial charge in [0.2, 0.25) is 0 Å². The number of hydroxylamine groups is 2. The summed E-state index contributed by atoms with van der Waals surface area (Å²) in [6.07, 6.45) is 3.06. The van der Waals surface area contributed by atoms with Crippen LogP contribution in [0.15, 0.2) is 46.0 Å². The molecule has 1 aliphatic rings. The normalized spacial score (nSPS) is 20.5. The van der Waals surface area contributed by atoms with Gasteiger partial charge in [-0.05, 0) is 37.2 Å². The van der Waals surface area contributed by atoms with Crippen LogP contribution in [-0.4, -0.2) is 32.2 Å². The molecular weight excluding hydrogens is 310 g/mol. The molecule has 0 unspecified atom stereocenters. The first-order valence-electron chi connectivity index (χ1n) is 7.95. The van der Waals surface area contributed by atoms with Crippen molar-refractivity contribution in [2.45, 2.75) is 37.6 Å². The van der Waals surface area contributed by atoms with E-state index in [4.69, 9.17) is 0 Å². The quantitative estimate of drug-likeness (QED) is 0.587. The molecule has 1 saturated carbocycles. The molecule has 1 aromatic carbocycles. The Morgan fingerprint density at radius 2 is 1.71 bits per heavy atom. The summed E-state index contributed by atoms with van der Waals surface area (Å²) < 4.78 is 0. The molecule has 0 bridgehead atoms. The molecule has 1 aliphatic carbocycles. The molecule has 126 valence electrons. The molecule has 7 nitrogen and oxygen atoms in total. The molecule has 2 aromatic rings. The first-order chi connectivity index (χ1) is 11.5. The molecular formula is C17H19N3O4. The lowest BCUT2D eigenvalue weighted by Gasteiger charge is -2.33. The van der Waals surface area contributed by atoms with Gasteiger partial charge in [-0.1, -0.05) is 30.3 Å². The van der Waals surface area contributed by atoms with Crippen molar-refractivity contribution in [3.8, 4) is 0 Å². The highest BCUT2D eigenvalue weighted by atomic mass is 16.5. The minimum atomic E-state index is -0.771. The molecule has 1 amide bonds. The molecule has 0 atom stereocenters. The van der Waals surface area contributed by atoms with Crippen LogP contribution in [0.1, 0.15) is 47.7 Å². The van der Waals surface area contributed by atoms with Crippen molar-refractivity contribution in [2.75, 3.05) is 0 Å². The van der Waals surface area contributed by atoms with E-state index in [1.807, 2.05) is 23.2 Å². The van der Waals surface area contributed by atoms with E-state index < -0.39 is 17.2 Å². The molecule has 24 heavy (non-hydrogen) atoms. The number of hydrogen-bond acceptors (Lipinski definition) is 4. The summed E-state index contributed by atoms with van der Waals surface area (Å²) in [5.74, 6) is -0.341. The Bertz CT molecular complexity index is 791. The number of amides is 1. The SMILES string of the molecule is O=C(c1cc(=O)[nH]c(=O)[nH]1)N(O)C1CCC(c2ccccc2)CC1. The summed E-state index contributed by atoms with van der Waals surface area (Å²) in [5, 5.41) is 10.8. The van der Waals surface area contributed by atoms with Crippen LogP contribution >= 0.6 is 0 Å². The zero-order valence-electron chi connectivity index (χ0n) is 13.1. The van der Waals surface area contributed by atoms with Gasteiger partial charge in [-0.25, -0.2) is 9.86 Å². The van der Waals surface area contributed by atoms with Crippen LogP contribution in [0.2, 0.25) is 0 Å². The van der Waals surface area contributed by atoms with E-state index in [0.29, 0.717) is 23.8 Å². The van der Waals surface area contributed by atoms with Gasteiger partial charge in [0.1, 0.15) is 5.69 Å². The highest BCUT2D eigenvalue weighted by molar-refractivity contribution is 5.91. The minimum Gasteiger partial charge on any atom is -0.303 e. The van der Waals surface area contributed by atoms with E-state index >= 15 is 0 Å². The van der Waals surface area contributed by atoms with Crippen molar-refractivity contribution in [3.05, 3.63) is 68.5 Å². The standard InChI is InChI=1S/C17H19N3O4/c21-15-10-14(18-17(23)19-15)16(22)20(24)13-8-6-12(7-9-13)11-4-2-1-3-5-11/h1-5,10,12-13,24H,6-9H2,(H2,18,19,21,23). The van der Waals surface area contributed by atoms with Crippen molar-refractivity contribution in [1.29, 1.82) is 0 Å². The van der Waals surface area contributed by atoms with Gasteiger partial charge in [0.05, 0.1) is 6.04 Å². The van der Waals surface area contributed by atoms with Gasteiger partial charge < -0.3 is 4.98 Å². The fourth-order valence-corrected chi connectivity index (χ4v) is 3.25. The first kappa shape index (κ1) is 16.2. The van der Waals surface area contributed by atoms with Crippen molar-refractivity contribution >= 4 is 5.91 Å². The predicted molar refractivity (Wildman–Crippen MR) is 87.1 cm³/mol. The summed E-state index contributed by atoms with van der Waals surface area (Å²) in [6, 6.07) is 10.8. The van der Waals surface area contributed by atoms with Crippen LogP contribution < -0.4 is 11.2 Å². The number of nitrogens with zero attached hydrogens (tertiary/aromatic N) is 1. The van der Waals surface area contributed by atoms with Crippen molar-refractivity contribution in [2.24, 2.45) is 0 Å². The largest absolute Gasteiger partial charge is 0.326 e. The average Bonchev–Trinajstić information content (AvgIpc) is 2.60. The molecule has 0 radical (unpaired) electrons. The van der Waals surface area contributed by atoms with Gasteiger partial charge in [-0.2, -0.15) is 0 Å². The van der Waals surface area contributed by atoms with Gasteiger partial charge >= 0.3 is 5.69 Å². The zero-order valence-corrected chi connectivity index (χ0v) is 13.1. The van der Waals surface area contributed by atoms with E-state index in [0.717, 1.165) is 18.9 Å². The smallest absolute Gasteiger partial charge is 0.303 e. The number of benzene rings is 1. The molecule has 0 saturated heterocycles. The minimum absolute atomic E-state index is 0.212. The third kappa shape index (κ3) is 3.46. The number of rotatable bonds is 3. The molecule has 7 heteroatoms. The summed E-state index contributed by atoms with van der Waals surface area (Å²) >= 11 is 0. The van der Waals surface area contributed by atoms with E-state index in [-0.39, 0.29) is 11.7 Å². The van der Waals surface area contributed by atoms with Crippen molar-refractivity contribution in [1.82, 2.24) is 15.0 Å². The number of H-pyrrole nitrogens is 2. The van der Waals surface area contributed by atoms with Gasteiger partial charge in [0.15, 0.2) is 0 Å². The Morgan fingerprint density at radius 3 is 2.33 bits per heavy atom. The predicted octanol–water partition coefficient (Wildman–Crippen LogP) is 1.62. The second-order valence-corrected chi connectivity index (χ2v) is 6.07. The van der Waals surface area contributed by atoms with Gasteiger partial charge in [-0.3, -0.25) is 19.8 Å². The maximum absolute atomic E-state index is 12.3. The van der Waals surface area contributed by atoms with E-state index in [1.165, 1.54) is 5.56 Å². The monoisotopic (exact) mass is 329 g/mol. The van der Waals surface area contributed by atoms with Crippen LogP contribution in [0.5, 0.6) is 0 Å². The summed E-state index contributed by atoms with van der Waals surface area (Å²) in [7, 11) is 0. The third-order valence-electron chi connectivity index (χ3n) is 4.51. The van der Waals surface area contributed by atoms with Crippen LogP contribution in [0.25, 0.3) is 0 Å². The highest BCUT2D eigenvalue weighted by Crippen LogP contribution is 2.34. The van der Waals surface area contributed by atoms with Crippen LogP contribution in [0.4, 0.5) is 0 Å². The van der Waals surface area contributed by atoms with Crippen molar-refractivity contribution < 1.29 is 10.0 Å². The fourth-order valence-electron chi connectivity index (χ4n) is 3.25. The summed E-state index contributed by atoms with van der Waals surface area (Å²) in [5.41, 5.74) is -0.391. The van der Waals surface area contributed by atoms with E-state index in [9.17, 15) is 19.6 Å². The number of hydrogen-bond donors (Lipinski definition) is 3. The Labute approximate surface area is 137 Å². The Balaban J connectivity index is 1.66. The number of aromatic amines is 2. The molecule has 1 aromatic heterocycles. The van der Waals surface area contributed by atoms with Crippen LogP contribution in [0.3, 0.4) is 0 Å². The zero-order chi connectivity index (χ0) is 17.1. The van der Waals surface area contributed by atoms with Crippen LogP contribution in [0, 0.1) is 0 Å². The third-order valence-corrected chi connectivity index (χ3v) is 4.51. The van der Waals surface area contributed by atoms with Gasteiger partial charge in [0, 0.05) is 6.07 Å².